The lowest BCUT2D eigenvalue weighted by molar-refractivity contribution is 0.0562. The minimum absolute atomic E-state index is 0.0331. The second-order valence-electron chi connectivity index (χ2n) is 8.49. The van der Waals surface area contributed by atoms with Crippen molar-refractivity contribution < 1.29 is 19.0 Å². The van der Waals surface area contributed by atoms with Crippen LogP contribution in [0, 0.1) is 5.82 Å². The largest absolute Gasteiger partial charge is 0.482 e. The molecule has 1 saturated carbocycles. The normalized spacial score (nSPS) is 18.3. The van der Waals surface area contributed by atoms with Crippen LogP contribution >= 0.6 is 0 Å². The summed E-state index contributed by atoms with van der Waals surface area (Å²) in [5, 5.41) is 17.3. The molecule has 34 heavy (non-hydrogen) atoms. The molecule has 0 bridgehead atoms. The summed E-state index contributed by atoms with van der Waals surface area (Å²) in [5.41, 5.74) is 8.60. The number of benzene rings is 2. The van der Waals surface area contributed by atoms with Gasteiger partial charge < -0.3 is 20.9 Å². The number of amides is 1. The molecule has 174 valence electrons. The van der Waals surface area contributed by atoms with Crippen LogP contribution < -0.4 is 15.8 Å². The Kier molecular flexibility index (Phi) is 5.62. The molecular weight excluding hydrogens is 437 g/mol. The quantitative estimate of drug-likeness (QED) is 0.405. The fourth-order valence-electron chi connectivity index (χ4n) is 4.11. The number of carbonyl (C=O) groups excluding carboxylic acids is 1. The molecule has 1 aliphatic carbocycles. The van der Waals surface area contributed by atoms with Gasteiger partial charge in [-0.05, 0) is 68.3 Å². The number of nitrogens with two attached hydrogens (primary N) is 1. The maximum Gasteiger partial charge on any atom is 0.251 e. The van der Waals surface area contributed by atoms with E-state index in [1.165, 1.54) is 12.1 Å². The summed E-state index contributed by atoms with van der Waals surface area (Å²) >= 11 is 0. The maximum absolute atomic E-state index is 13.7. The van der Waals surface area contributed by atoms with Crippen molar-refractivity contribution >= 4 is 22.6 Å². The molecule has 5 rings (SSSR count). The van der Waals surface area contributed by atoms with E-state index in [2.05, 4.69) is 15.4 Å². The molecule has 0 spiro atoms. The van der Waals surface area contributed by atoms with Gasteiger partial charge in [-0.1, -0.05) is 0 Å². The van der Waals surface area contributed by atoms with Gasteiger partial charge in [0.15, 0.2) is 11.6 Å². The number of hydrogen-bond donors (Lipinski definition) is 3. The zero-order valence-electron chi connectivity index (χ0n) is 18.5. The fourth-order valence-corrected chi connectivity index (χ4v) is 4.11. The molecule has 0 aliphatic heterocycles. The molecular formula is C25H24FN5O3. The summed E-state index contributed by atoms with van der Waals surface area (Å²) in [4.78, 5) is 17.1. The number of rotatable bonds is 6. The van der Waals surface area contributed by atoms with Gasteiger partial charge in [0.25, 0.3) is 5.91 Å². The van der Waals surface area contributed by atoms with Gasteiger partial charge in [0.05, 0.1) is 17.3 Å². The first-order chi connectivity index (χ1) is 16.4. The highest BCUT2D eigenvalue weighted by atomic mass is 19.1. The predicted octanol–water partition coefficient (Wildman–Crippen LogP) is 3.53. The highest BCUT2D eigenvalue weighted by Gasteiger charge is 2.29. The summed E-state index contributed by atoms with van der Waals surface area (Å²) in [7, 11) is 0. The molecule has 1 atom stereocenters. The first-order valence-electron chi connectivity index (χ1n) is 11.0. The Labute approximate surface area is 195 Å². The molecule has 2 heterocycles. The van der Waals surface area contributed by atoms with Crippen molar-refractivity contribution in [2.75, 3.05) is 5.73 Å². The van der Waals surface area contributed by atoms with Crippen molar-refractivity contribution in [3.05, 3.63) is 77.9 Å². The van der Waals surface area contributed by atoms with E-state index in [9.17, 15) is 14.3 Å². The Balaban J connectivity index is 1.47. The Bertz CT molecular complexity index is 1350. The number of aromatic nitrogens is 3. The van der Waals surface area contributed by atoms with Crippen LogP contribution in [0.3, 0.4) is 0 Å². The summed E-state index contributed by atoms with van der Waals surface area (Å²) in [6.07, 6.45) is 3.68. The Hall–Kier alpha value is -3.98. The van der Waals surface area contributed by atoms with Gasteiger partial charge >= 0.3 is 0 Å². The van der Waals surface area contributed by atoms with Crippen molar-refractivity contribution in [1.29, 1.82) is 0 Å². The minimum Gasteiger partial charge on any atom is -0.482 e. The monoisotopic (exact) mass is 461 g/mol. The first-order valence-corrected chi connectivity index (χ1v) is 11.0. The third-order valence-corrected chi connectivity index (χ3v) is 6.00. The molecule has 0 radical (unpaired) electrons. The smallest absolute Gasteiger partial charge is 0.251 e. The van der Waals surface area contributed by atoms with Crippen LogP contribution in [0.2, 0.25) is 0 Å². The Morgan fingerprint density at radius 1 is 1.26 bits per heavy atom. The van der Waals surface area contributed by atoms with Gasteiger partial charge in [0.1, 0.15) is 11.9 Å². The van der Waals surface area contributed by atoms with Crippen LogP contribution in [-0.4, -0.2) is 37.9 Å². The SMILES string of the molecule is C[C@H](Oc1cc2cc(F)ccc2nc1N)c1cc(C(=O)N[C@H]2C[C@H](O)C2)ccc1-n1cccn1. The van der Waals surface area contributed by atoms with E-state index in [-0.39, 0.29) is 29.7 Å². The maximum atomic E-state index is 13.7. The van der Waals surface area contributed by atoms with Crippen molar-refractivity contribution in [3.8, 4) is 11.4 Å². The lowest BCUT2D eigenvalue weighted by Crippen LogP contribution is -2.46. The van der Waals surface area contributed by atoms with Crippen molar-refractivity contribution in [2.24, 2.45) is 0 Å². The number of pyridine rings is 1. The fraction of sp³-hybridized carbons (Fsp3) is 0.240. The highest BCUT2D eigenvalue weighted by Crippen LogP contribution is 2.32. The molecule has 4 N–H and O–H groups in total. The van der Waals surface area contributed by atoms with Gasteiger partial charge in [-0.2, -0.15) is 5.10 Å². The number of carbonyl (C=O) groups is 1. The second-order valence-corrected chi connectivity index (χ2v) is 8.49. The first kappa shape index (κ1) is 21.8. The van der Waals surface area contributed by atoms with Gasteiger partial charge in [0, 0.05) is 34.9 Å². The average Bonchev–Trinajstić information content (AvgIpc) is 3.33. The van der Waals surface area contributed by atoms with Crippen molar-refractivity contribution in [1.82, 2.24) is 20.1 Å². The predicted molar refractivity (Wildman–Crippen MR) is 125 cm³/mol. The number of hydrogen-bond acceptors (Lipinski definition) is 6. The average molecular weight is 461 g/mol. The van der Waals surface area contributed by atoms with E-state index >= 15 is 0 Å². The van der Waals surface area contributed by atoms with Gasteiger partial charge in [0.2, 0.25) is 0 Å². The molecule has 2 aromatic heterocycles. The minimum atomic E-state index is -0.535. The third kappa shape index (κ3) is 4.29. The number of halogens is 1. The molecule has 0 saturated heterocycles. The summed E-state index contributed by atoms with van der Waals surface area (Å²) < 4.78 is 21.6. The topological polar surface area (TPSA) is 115 Å². The molecule has 1 amide bonds. The number of ether oxygens (including phenoxy) is 1. The van der Waals surface area contributed by atoms with Crippen LogP contribution in [0.4, 0.5) is 10.2 Å². The van der Waals surface area contributed by atoms with Crippen molar-refractivity contribution in [2.45, 2.75) is 38.0 Å². The molecule has 0 unspecified atom stereocenters. The molecule has 4 aromatic rings. The van der Waals surface area contributed by atoms with Gasteiger partial charge in [-0.25, -0.2) is 14.1 Å². The number of aliphatic hydroxyl groups excluding tert-OH is 1. The number of anilines is 1. The number of nitrogens with zero attached hydrogens (tertiary/aromatic N) is 3. The van der Waals surface area contributed by atoms with E-state index in [0.717, 1.165) is 5.69 Å². The number of nitrogen functional groups attached to an aromatic ring is 1. The summed E-state index contributed by atoms with van der Waals surface area (Å²) in [5.74, 6) is -0.101. The summed E-state index contributed by atoms with van der Waals surface area (Å²) in [6, 6.07) is 13.0. The Morgan fingerprint density at radius 3 is 2.82 bits per heavy atom. The van der Waals surface area contributed by atoms with E-state index in [4.69, 9.17) is 10.5 Å². The van der Waals surface area contributed by atoms with Crippen LogP contribution in [-0.2, 0) is 0 Å². The molecule has 1 aliphatic rings. The standard InChI is InChI=1S/C25H24FN5O3/c1-14(34-23-11-16-9-17(26)4-5-21(16)30-24(23)27)20-10-15(25(33)29-18-12-19(32)13-18)3-6-22(20)31-8-2-7-28-31/h2-11,14,18-19,32H,12-13H2,1H3,(H2,27,30)(H,29,33)/t14-,18-,19-/m0/s1. The molecule has 1 fully saturated rings. The van der Waals surface area contributed by atoms with Gasteiger partial charge in [-0.15, -0.1) is 0 Å². The number of nitrogens with one attached hydrogen (secondary N) is 1. The molecule has 9 heteroatoms. The Morgan fingerprint density at radius 2 is 2.09 bits per heavy atom. The van der Waals surface area contributed by atoms with Crippen LogP contribution in [0.15, 0.2) is 60.9 Å². The third-order valence-electron chi connectivity index (χ3n) is 6.00. The molecule has 2 aromatic carbocycles. The lowest BCUT2D eigenvalue weighted by Gasteiger charge is -2.32. The van der Waals surface area contributed by atoms with E-state index in [0.29, 0.717) is 40.6 Å². The summed E-state index contributed by atoms with van der Waals surface area (Å²) in [6.45, 7) is 1.83. The van der Waals surface area contributed by atoms with Crippen LogP contribution in [0.5, 0.6) is 5.75 Å². The van der Waals surface area contributed by atoms with Crippen LogP contribution in [0.25, 0.3) is 16.6 Å². The van der Waals surface area contributed by atoms with Crippen molar-refractivity contribution in [3.63, 3.8) is 0 Å². The zero-order valence-corrected chi connectivity index (χ0v) is 18.5. The molecule has 8 nitrogen and oxygen atoms in total. The number of aliphatic hydroxyl groups is 1. The lowest BCUT2D eigenvalue weighted by atomic mass is 9.89. The number of fused-ring (bicyclic) bond motifs is 1. The van der Waals surface area contributed by atoms with E-state index in [1.54, 1.807) is 47.4 Å². The highest BCUT2D eigenvalue weighted by molar-refractivity contribution is 5.95. The second kappa shape index (κ2) is 8.75. The zero-order chi connectivity index (χ0) is 23.8. The van der Waals surface area contributed by atoms with Crippen LogP contribution in [0.1, 0.15) is 41.8 Å². The van der Waals surface area contributed by atoms with E-state index < -0.39 is 6.10 Å². The van der Waals surface area contributed by atoms with E-state index in [1.807, 2.05) is 13.0 Å². The van der Waals surface area contributed by atoms with Gasteiger partial charge in [-0.3, -0.25) is 4.79 Å².